The number of imidazole rings is 1. The molecule has 2 rings (SSSR count). The molecule has 12 heavy (non-hydrogen) atoms. The molecule has 0 saturated carbocycles. The van der Waals surface area contributed by atoms with Crippen LogP contribution in [0.5, 0.6) is 0 Å². The first-order valence-electron chi connectivity index (χ1n) is 4.56. The maximum atomic E-state index is 4.33. The molecule has 2 heterocycles. The SMILES string of the molecule is c1c[nH]c(CC2CC[N]CC2)n1. The third kappa shape index (κ3) is 1.85. The Hall–Kier alpha value is -0.830. The van der Waals surface area contributed by atoms with E-state index in [1.807, 2.05) is 12.4 Å². The lowest BCUT2D eigenvalue weighted by Crippen LogP contribution is -2.23. The summed E-state index contributed by atoms with van der Waals surface area (Å²) in [5.41, 5.74) is 0. The van der Waals surface area contributed by atoms with Gasteiger partial charge in [0.15, 0.2) is 0 Å². The summed E-state index contributed by atoms with van der Waals surface area (Å²) in [6.45, 7) is 2.09. The third-order valence-corrected chi connectivity index (χ3v) is 2.43. The molecular formula is C9H14N3. The van der Waals surface area contributed by atoms with E-state index in [4.69, 9.17) is 0 Å². The maximum absolute atomic E-state index is 4.33. The van der Waals surface area contributed by atoms with Crippen LogP contribution >= 0.6 is 0 Å². The molecule has 0 spiro atoms. The van der Waals surface area contributed by atoms with Crippen molar-refractivity contribution in [1.82, 2.24) is 15.3 Å². The molecule has 1 aromatic heterocycles. The summed E-state index contributed by atoms with van der Waals surface area (Å²) in [4.78, 5) is 7.37. The van der Waals surface area contributed by atoms with Crippen LogP contribution in [0.1, 0.15) is 18.7 Å². The molecule has 0 unspecified atom stereocenters. The molecule has 0 bridgehead atoms. The quantitative estimate of drug-likeness (QED) is 0.695. The fourth-order valence-corrected chi connectivity index (χ4v) is 1.69. The predicted octanol–water partition coefficient (Wildman–Crippen LogP) is 0.967. The van der Waals surface area contributed by atoms with E-state index in [0.29, 0.717) is 0 Å². The molecule has 1 aromatic rings. The maximum Gasteiger partial charge on any atom is 0.106 e. The van der Waals surface area contributed by atoms with Gasteiger partial charge < -0.3 is 4.98 Å². The first-order chi connectivity index (χ1) is 5.95. The molecular weight excluding hydrogens is 150 g/mol. The average molecular weight is 164 g/mol. The van der Waals surface area contributed by atoms with Gasteiger partial charge in [0.1, 0.15) is 5.82 Å². The number of nitrogens with zero attached hydrogens (tertiary/aromatic N) is 2. The highest BCUT2D eigenvalue weighted by Gasteiger charge is 2.14. The normalized spacial score (nSPS) is 19.7. The van der Waals surface area contributed by atoms with Crippen LogP contribution in [0.3, 0.4) is 0 Å². The van der Waals surface area contributed by atoms with Gasteiger partial charge in [0.2, 0.25) is 0 Å². The Morgan fingerprint density at radius 1 is 1.42 bits per heavy atom. The summed E-state index contributed by atoms with van der Waals surface area (Å²) in [5, 5.41) is 4.33. The van der Waals surface area contributed by atoms with Crippen LogP contribution in [0.15, 0.2) is 12.4 Å². The Kier molecular flexibility index (Phi) is 2.42. The molecule has 0 atom stereocenters. The summed E-state index contributed by atoms with van der Waals surface area (Å²) in [7, 11) is 0. The fraction of sp³-hybridized carbons (Fsp3) is 0.667. The third-order valence-electron chi connectivity index (χ3n) is 2.43. The standard InChI is InChI=1S/C9H14N3/c1-3-10-4-2-8(1)7-9-11-5-6-12-9/h5-6,8H,1-4,7H2,(H,11,12). The van der Waals surface area contributed by atoms with Gasteiger partial charge in [0, 0.05) is 31.9 Å². The molecule has 1 radical (unpaired) electrons. The Morgan fingerprint density at radius 2 is 2.25 bits per heavy atom. The minimum atomic E-state index is 0.800. The van der Waals surface area contributed by atoms with Crippen molar-refractivity contribution in [3.63, 3.8) is 0 Å². The lowest BCUT2D eigenvalue weighted by molar-refractivity contribution is 0.363. The molecule has 3 nitrogen and oxygen atoms in total. The number of aromatic nitrogens is 2. The number of hydrogen-bond acceptors (Lipinski definition) is 1. The molecule has 65 valence electrons. The highest BCUT2D eigenvalue weighted by molar-refractivity contribution is 4.89. The van der Waals surface area contributed by atoms with E-state index in [1.54, 1.807) is 0 Å². The van der Waals surface area contributed by atoms with Gasteiger partial charge in [0.25, 0.3) is 0 Å². The van der Waals surface area contributed by atoms with E-state index in [1.165, 1.54) is 12.8 Å². The first kappa shape index (κ1) is 7.80. The van der Waals surface area contributed by atoms with Crippen molar-refractivity contribution < 1.29 is 0 Å². The zero-order valence-corrected chi connectivity index (χ0v) is 7.16. The van der Waals surface area contributed by atoms with Crippen LogP contribution in [0.25, 0.3) is 0 Å². The zero-order valence-electron chi connectivity index (χ0n) is 7.16. The van der Waals surface area contributed by atoms with Gasteiger partial charge in [-0.3, -0.25) is 0 Å². The van der Waals surface area contributed by atoms with Crippen LogP contribution < -0.4 is 5.32 Å². The minimum Gasteiger partial charge on any atom is -0.349 e. The van der Waals surface area contributed by atoms with Crippen molar-refractivity contribution >= 4 is 0 Å². The van der Waals surface area contributed by atoms with E-state index in [-0.39, 0.29) is 0 Å². The number of rotatable bonds is 2. The van der Waals surface area contributed by atoms with E-state index in [0.717, 1.165) is 31.3 Å². The number of aromatic amines is 1. The number of H-pyrrole nitrogens is 1. The molecule has 0 aromatic carbocycles. The summed E-state index contributed by atoms with van der Waals surface area (Å²) in [6.07, 6.45) is 7.29. The van der Waals surface area contributed by atoms with Crippen molar-refractivity contribution in [2.45, 2.75) is 19.3 Å². The molecule has 1 N–H and O–H groups in total. The van der Waals surface area contributed by atoms with E-state index < -0.39 is 0 Å². The van der Waals surface area contributed by atoms with Crippen LogP contribution in [0.2, 0.25) is 0 Å². The molecule has 1 aliphatic rings. The molecule has 1 aliphatic heterocycles. The van der Waals surface area contributed by atoms with Gasteiger partial charge in [0.05, 0.1) is 0 Å². The van der Waals surface area contributed by atoms with Crippen molar-refractivity contribution in [1.29, 1.82) is 0 Å². The van der Waals surface area contributed by atoms with E-state index >= 15 is 0 Å². The molecule has 3 heteroatoms. The van der Waals surface area contributed by atoms with Crippen LogP contribution in [0.4, 0.5) is 0 Å². The highest BCUT2D eigenvalue weighted by atomic mass is 14.9. The van der Waals surface area contributed by atoms with E-state index in [2.05, 4.69) is 15.3 Å². The average Bonchev–Trinajstić information content (AvgIpc) is 2.59. The Morgan fingerprint density at radius 3 is 2.92 bits per heavy atom. The summed E-state index contributed by atoms with van der Waals surface area (Å²) in [6, 6.07) is 0. The monoisotopic (exact) mass is 164 g/mol. The largest absolute Gasteiger partial charge is 0.349 e. The molecule has 1 fully saturated rings. The Labute approximate surface area is 72.6 Å². The second-order valence-electron chi connectivity index (χ2n) is 3.35. The molecule has 0 amide bonds. The minimum absolute atomic E-state index is 0.800. The Bertz CT molecular complexity index is 212. The summed E-state index contributed by atoms with van der Waals surface area (Å²) >= 11 is 0. The second kappa shape index (κ2) is 3.72. The van der Waals surface area contributed by atoms with Crippen molar-refractivity contribution in [3.8, 4) is 0 Å². The summed E-state index contributed by atoms with van der Waals surface area (Å²) in [5.74, 6) is 1.93. The first-order valence-corrected chi connectivity index (χ1v) is 4.56. The van der Waals surface area contributed by atoms with Gasteiger partial charge in [-0.05, 0) is 18.8 Å². The van der Waals surface area contributed by atoms with Crippen molar-refractivity contribution in [3.05, 3.63) is 18.2 Å². The van der Waals surface area contributed by atoms with Crippen molar-refractivity contribution in [2.75, 3.05) is 13.1 Å². The van der Waals surface area contributed by atoms with Gasteiger partial charge >= 0.3 is 0 Å². The summed E-state index contributed by atoms with van der Waals surface area (Å²) < 4.78 is 0. The lowest BCUT2D eigenvalue weighted by atomic mass is 9.94. The molecule has 0 aliphatic carbocycles. The van der Waals surface area contributed by atoms with Crippen LogP contribution in [0, 0.1) is 5.92 Å². The predicted molar refractivity (Wildman–Crippen MR) is 46.9 cm³/mol. The van der Waals surface area contributed by atoms with Crippen LogP contribution in [-0.4, -0.2) is 23.1 Å². The van der Waals surface area contributed by atoms with Crippen molar-refractivity contribution in [2.24, 2.45) is 5.92 Å². The zero-order chi connectivity index (χ0) is 8.23. The number of nitrogens with one attached hydrogen (secondary N) is 1. The van der Waals surface area contributed by atoms with Gasteiger partial charge in [-0.2, -0.15) is 0 Å². The number of hydrogen-bond donors (Lipinski definition) is 1. The van der Waals surface area contributed by atoms with Crippen LogP contribution in [-0.2, 0) is 6.42 Å². The second-order valence-corrected chi connectivity index (χ2v) is 3.35. The Balaban J connectivity index is 1.86. The fourth-order valence-electron chi connectivity index (χ4n) is 1.69. The highest BCUT2D eigenvalue weighted by Crippen LogP contribution is 2.15. The van der Waals surface area contributed by atoms with E-state index in [9.17, 15) is 0 Å². The smallest absolute Gasteiger partial charge is 0.106 e. The van der Waals surface area contributed by atoms with Gasteiger partial charge in [-0.25, -0.2) is 10.3 Å². The van der Waals surface area contributed by atoms with Gasteiger partial charge in [-0.1, -0.05) is 0 Å². The topological polar surface area (TPSA) is 42.8 Å². The molecule has 1 saturated heterocycles. The van der Waals surface area contributed by atoms with Gasteiger partial charge in [-0.15, -0.1) is 0 Å². The lowest BCUT2D eigenvalue weighted by Gasteiger charge is -2.20. The number of piperidine rings is 1.